The minimum Gasteiger partial charge on any atom is -0.398 e. The van der Waals surface area contributed by atoms with Crippen molar-refractivity contribution in [3.8, 4) is 0 Å². The van der Waals surface area contributed by atoms with Gasteiger partial charge in [-0.1, -0.05) is 24.3 Å². The lowest BCUT2D eigenvalue weighted by molar-refractivity contribution is 1.71. The average molecular weight is 192 g/mol. The Bertz CT molecular complexity index is 389. The third-order valence-corrected chi connectivity index (χ3v) is 1.97. The number of fused-ring (bicyclic) bond motifs is 1. The van der Waals surface area contributed by atoms with Gasteiger partial charge >= 0.3 is 0 Å². The van der Waals surface area contributed by atoms with Crippen molar-refractivity contribution in [2.24, 2.45) is 0 Å². The summed E-state index contributed by atoms with van der Waals surface area (Å²) >= 11 is 0. The molecule has 0 radical (unpaired) electrons. The molecule has 76 valence electrons. The molecule has 4 nitrogen and oxygen atoms in total. The monoisotopic (exact) mass is 192 g/mol. The number of nitrogen functional groups attached to an aromatic ring is 2. The number of benzene rings is 2. The molecule has 0 saturated heterocycles. The quantitative estimate of drug-likeness (QED) is 0.478. The van der Waals surface area contributed by atoms with Gasteiger partial charge in [0.1, 0.15) is 0 Å². The van der Waals surface area contributed by atoms with Gasteiger partial charge in [-0.2, -0.15) is 0 Å². The Morgan fingerprint density at radius 1 is 0.714 bits per heavy atom. The SMILES string of the molecule is N.N.Nc1cccc2cccc(N)c12. The molecule has 0 spiro atoms. The number of hydrogen-bond acceptors (Lipinski definition) is 4. The molecule has 0 atom stereocenters. The number of rotatable bonds is 0. The van der Waals surface area contributed by atoms with Crippen LogP contribution in [-0.2, 0) is 0 Å². The van der Waals surface area contributed by atoms with Gasteiger partial charge < -0.3 is 23.8 Å². The first-order valence-electron chi connectivity index (χ1n) is 3.82. The topological polar surface area (TPSA) is 122 Å². The zero-order chi connectivity index (χ0) is 8.55. The van der Waals surface area contributed by atoms with Gasteiger partial charge in [-0.25, -0.2) is 0 Å². The summed E-state index contributed by atoms with van der Waals surface area (Å²) in [5.41, 5.74) is 13.0. The van der Waals surface area contributed by atoms with Crippen LogP contribution < -0.4 is 23.8 Å². The standard InChI is InChI=1S/C10H10N2.2H3N/c11-8-5-1-3-7-4-2-6-9(12)10(7)8;;/h1-6H,11-12H2;2*1H3. The van der Waals surface area contributed by atoms with Crippen LogP contribution in [0.2, 0.25) is 0 Å². The highest BCUT2D eigenvalue weighted by Gasteiger charge is 1.98. The Balaban J connectivity index is 0.000000845. The van der Waals surface area contributed by atoms with Gasteiger partial charge in [-0.05, 0) is 17.5 Å². The van der Waals surface area contributed by atoms with E-state index in [1.54, 1.807) is 0 Å². The van der Waals surface area contributed by atoms with Crippen LogP contribution in [0.4, 0.5) is 11.4 Å². The molecule has 0 saturated carbocycles. The van der Waals surface area contributed by atoms with E-state index in [1.165, 1.54) is 0 Å². The fourth-order valence-electron chi connectivity index (χ4n) is 1.40. The van der Waals surface area contributed by atoms with Crippen molar-refractivity contribution in [3.05, 3.63) is 36.4 Å². The lowest BCUT2D eigenvalue weighted by Gasteiger charge is -2.03. The second-order valence-electron chi connectivity index (χ2n) is 2.79. The normalized spacial score (nSPS) is 8.86. The van der Waals surface area contributed by atoms with E-state index in [-0.39, 0.29) is 12.3 Å². The van der Waals surface area contributed by atoms with Gasteiger partial charge in [0, 0.05) is 16.8 Å². The Morgan fingerprint density at radius 2 is 1.14 bits per heavy atom. The lowest BCUT2D eigenvalue weighted by atomic mass is 10.1. The van der Waals surface area contributed by atoms with Crippen molar-refractivity contribution in [3.63, 3.8) is 0 Å². The van der Waals surface area contributed by atoms with E-state index in [1.807, 2.05) is 36.4 Å². The zero-order valence-electron chi connectivity index (χ0n) is 8.03. The number of anilines is 2. The second kappa shape index (κ2) is 4.45. The van der Waals surface area contributed by atoms with Crippen LogP contribution in [-0.4, -0.2) is 0 Å². The molecule has 0 aliphatic carbocycles. The van der Waals surface area contributed by atoms with Crippen molar-refractivity contribution in [1.82, 2.24) is 12.3 Å². The molecule has 0 fully saturated rings. The lowest BCUT2D eigenvalue weighted by Crippen LogP contribution is -1.91. The van der Waals surface area contributed by atoms with Crippen LogP contribution in [0.5, 0.6) is 0 Å². The van der Waals surface area contributed by atoms with E-state index < -0.39 is 0 Å². The minimum atomic E-state index is 0. The van der Waals surface area contributed by atoms with Crippen molar-refractivity contribution in [1.29, 1.82) is 0 Å². The summed E-state index contributed by atoms with van der Waals surface area (Å²) in [6.07, 6.45) is 0. The van der Waals surface area contributed by atoms with E-state index >= 15 is 0 Å². The minimum absolute atomic E-state index is 0. The molecule has 0 heterocycles. The maximum Gasteiger partial charge on any atom is 0.0414 e. The predicted octanol–water partition coefficient (Wildman–Crippen LogP) is 2.33. The molecule has 10 N–H and O–H groups in total. The highest BCUT2D eigenvalue weighted by Crippen LogP contribution is 2.25. The molecule has 2 aromatic carbocycles. The zero-order valence-corrected chi connectivity index (χ0v) is 8.03. The Hall–Kier alpha value is -1.78. The van der Waals surface area contributed by atoms with Crippen LogP contribution in [0.25, 0.3) is 10.8 Å². The first-order chi connectivity index (χ1) is 5.79. The average Bonchev–Trinajstić information content (AvgIpc) is 2.04. The molecule has 0 aliphatic rings. The van der Waals surface area contributed by atoms with Gasteiger partial charge in [0.05, 0.1) is 0 Å². The summed E-state index contributed by atoms with van der Waals surface area (Å²) in [5, 5.41) is 2.05. The molecule has 2 aromatic rings. The van der Waals surface area contributed by atoms with Crippen LogP contribution in [0.1, 0.15) is 0 Å². The maximum atomic E-state index is 5.78. The smallest absolute Gasteiger partial charge is 0.0414 e. The summed E-state index contributed by atoms with van der Waals surface area (Å²) in [4.78, 5) is 0. The molecular formula is C10H16N4. The van der Waals surface area contributed by atoms with Gasteiger partial charge in [0.15, 0.2) is 0 Å². The summed E-state index contributed by atoms with van der Waals surface area (Å²) in [7, 11) is 0. The van der Waals surface area contributed by atoms with E-state index in [0.29, 0.717) is 0 Å². The van der Waals surface area contributed by atoms with Gasteiger partial charge in [0.25, 0.3) is 0 Å². The van der Waals surface area contributed by atoms with Crippen molar-refractivity contribution in [2.45, 2.75) is 0 Å². The molecule has 0 unspecified atom stereocenters. The Morgan fingerprint density at radius 3 is 1.50 bits per heavy atom. The highest BCUT2D eigenvalue weighted by molar-refractivity contribution is 6.01. The Labute approximate surface area is 83.1 Å². The molecule has 4 heteroatoms. The van der Waals surface area contributed by atoms with Crippen LogP contribution in [0.15, 0.2) is 36.4 Å². The van der Waals surface area contributed by atoms with Crippen molar-refractivity contribution >= 4 is 22.1 Å². The first-order valence-corrected chi connectivity index (χ1v) is 3.82. The highest BCUT2D eigenvalue weighted by atomic mass is 14.6. The molecule has 0 bridgehead atoms. The third-order valence-electron chi connectivity index (χ3n) is 1.97. The largest absolute Gasteiger partial charge is 0.398 e. The molecule has 0 aromatic heterocycles. The van der Waals surface area contributed by atoms with Crippen molar-refractivity contribution in [2.75, 3.05) is 11.5 Å². The molecule has 0 amide bonds. The summed E-state index contributed by atoms with van der Waals surface area (Å²) < 4.78 is 0. The fraction of sp³-hybridized carbons (Fsp3) is 0. The van der Waals surface area contributed by atoms with E-state index in [9.17, 15) is 0 Å². The van der Waals surface area contributed by atoms with Gasteiger partial charge in [-0.15, -0.1) is 0 Å². The van der Waals surface area contributed by atoms with Crippen LogP contribution in [0, 0.1) is 0 Å². The third kappa shape index (κ3) is 1.76. The van der Waals surface area contributed by atoms with E-state index in [4.69, 9.17) is 11.5 Å². The summed E-state index contributed by atoms with van der Waals surface area (Å²) in [6.45, 7) is 0. The van der Waals surface area contributed by atoms with Gasteiger partial charge in [0.2, 0.25) is 0 Å². The summed E-state index contributed by atoms with van der Waals surface area (Å²) in [5.74, 6) is 0. The van der Waals surface area contributed by atoms with Crippen LogP contribution in [0.3, 0.4) is 0 Å². The fourth-order valence-corrected chi connectivity index (χ4v) is 1.40. The van der Waals surface area contributed by atoms with Crippen LogP contribution >= 0.6 is 0 Å². The number of hydrogen-bond donors (Lipinski definition) is 4. The molecule has 2 rings (SSSR count). The number of nitrogens with two attached hydrogens (primary N) is 2. The molecular weight excluding hydrogens is 176 g/mol. The van der Waals surface area contributed by atoms with E-state index in [0.717, 1.165) is 22.1 Å². The van der Waals surface area contributed by atoms with Crippen molar-refractivity contribution < 1.29 is 0 Å². The Kier molecular flexibility index (Phi) is 3.89. The maximum absolute atomic E-state index is 5.78. The summed E-state index contributed by atoms with van der Waals surface area (Å²) in [6, 6.07) is 11.6. The predicted molar refractivity (Wildman–Crippen MR) is 62.8 cm³/mol. The molecule has 14 heavy (non-hydrogen) atoms. The van der Waals surface area contributed by atoms with E-state index in [2.05, 4.69) is 0 Å². The first kappa shape index (κ1) is 12.2. The molecule has 0 aliphatic heterocycles. The van der Waals surface area contributed by atoms with Gasteiger partial charge in [-0.3, -0.25) is 0 Å². The second-order valence-corrected chi connectivity index (χ2v) is 2.79.